The number of aromatic amines is 1. The summed E-state index contributed by atoms with van der Waals surface area (Å²) in [6.07, 6.45) is 2.18. The summed E-state index contributed by atoms with van der Waals surface area (Å²) in [4.78, 5) is 24.4. The molecular formula is C9H14N6O2. The van der Waals surface area contributed by atoms with Crippen molar-refractivity contribution in [3.8, 4) is 0 Å². The first kappa shape index (κ1) is 11.4. The minimum atomic E-state index is -0.339. The van der Waals surface area contributed by atoms with Crippen LogP contribution in [-0.2, 0) is 4.79 Å². The van der Waals surface area contributed by atoms with Gasteiger partial charge in [-0.15, -0.1) is 5.10 Å². The molecule has 1 saturated heterocycles. The van der Waals surface area contributed by atoms with Crippen LogP contribution in [0.5, 0.6) is 0 Å². The summed E-state index contributed by atoms with van der Waals surface area (Å²) in [5.74, 6) is 0.398. The van der Waals surface area contributed by atoms with E-state index in [-0.39, 0.29) is 18.0 Å². The van der Waals surface area contributed by atoms with Gasteiger partial charge in [-0.1, -0.05) is 0 Å². The van der Waals surface area contributed by atoms with Crippen molar-refractivity contribution < 1.29 is 9.59 Å². The summed E-state index contributed by atoms with van der Waals surface area (Å²) in [6, 6.07) is -0.347. The summed E-state index contributed by atoms with van der Waals surface area (Å²) >= 11 is 0. The van der Waals surface area contributed by atoms with Crippen molar-refractivity contribution >= 4 is 17.8 Å². The highest BCUT2D eigenvalue weighted by Gasteiger charge is 2.25. The number of hydrogen-bond donors (Lipinski definition) is 3. The van der Waals surface area contributed by atoms with E-state index < -0.39 is 0 Å². The molecular weight excluding hydrogens is 224 g/mol. The van der Waals surface area contributed by atoms with Crippen molar-refractivity contribution in [2.24, 2.45) is 0 Å². The number of carbonyl (C=O) groups is 2. The van der Waals surface area contributed by atoms with Gasteiger partial charge in [-0.3, -0.25) is 10.1 Å². The third-order valence-corrected chi connectivity index (χ3v) is 2.63. The van der Waals surface area contributed by atoms with E-state index in [1.807, 2.05) is 0 Å². The number of amides is 3. The van der Waals surface area contributed by atoms with Gasteiger partial charge in [-0.25, -0.2) is 4.79 Å². The van der Waals surface area contributed by atoms with Crippen LogP contribution in [-0.4, -0.2) is 51.4 Å². The second kappa shape index (κ2) is 4.81. The van der Waals surface area contributed by atoms with E-state index in [2.05, 4.69) is 26.0 Å². The van der Waals surface area contributed by atoms with Crippen LogP contribution in [0.1, 0.15) is 13.3 Å². The Kier molecular flexibility index (Phi) is 3.22. The fourth-order valence-corrected chi connectivity index (χ4v) is 1.76. The molecule has 8 heteroatoms. The molecule has 2 rings (SSSR count). The normalized spacial score (nSPS) is 19.1. The first-order valence-corrected chi connectivity index (χ1v) is 5.34. The minimum absolute atomic E-state index is 0.00852. The number of hydrogen-bond acceptors (Lipinski definition) is 4. The molecule has 0 unspecified atom stereocenters. The number of nitrogens with one attached hydrogen (secondary N) is 3. The van der Waals surface area contributed by atoms with Crippen LogP contribution in [0, 0.1) is 0 Å². The van der Waals surface area contributed by atoms with Crippen molar-refractivity contribution in [3.63, 3.8) is 0 Å². The molecule has 1 aliphatic rings. The molecule has 1 atom stereocenters. The summed E-state index contributed by atoms with van der Waals surface area (Å²) in [6.45, 7) is 2.77. The average Bonchev–Trinajstić information content (AvgIpc) is 2.88. The first-order valence-electron chi connectivity index (χ1n) is 5.34. The second-order valence-corrected chi connectivity index (χ2v) is 3.90. The monoisotopic (exact) mass is 238 g/mol. The van der Waals surface area contributed by atoms with Gasteiger partial charge in [0.05, 0.1) is 6.20 Å². The van der Waals surface area contributed by atoms with Gasteiger partial charge in [-0.05, 0) is 6.42 Å². The van der Waals surface area contributed by atoms with Gasteiger partial charge >= 0.3 is 6.03 Å². The number of carbonyl (C=O) groups excluding carboxylic acids is 2. The smallest absolute Gasteiger partial charge is 0.320 e. The molecule has 0 spiro atoms. The summed E-state index contributed by atoms with van der Waals surface area (Å²) < 4.78 is 0. The molecule has 3 N–H and O–H groups in total. The van der Waals surface area contributed by atoms with Crippen molar-refractivity contribution in [1.82, 2.24) is 25.6 Å². The van der Waals surface area contributed by atoms with Gasteiger partial charge in [0.25, 0.3) is 0 Å². The highest BCUT2D eigenvalue weighted by Crippen LogP contribution is 2.09. The van der Waals surface area contributed by atoms with Crippen LogP contribution < -0.4 is 10.6 Å². The zero-order valence-electron chi connectivity index (χ0n) is 9.43. The third kappa shape index (κ3) is 2.92. The van der Waals surface area contributed by atoms with Gasteiger partial charge < -0.3 is 10.2 Å². The maximum absolute atomic E-state index is 11.5. The minimum Gasteiger partial charge on any atom is -0.341 e. The van der Waals surface area contributed by atoms with Crippen LogP contribution in [0.15, 0.2) is 6.20 Å². The Labute approximate surface area is 97.7 Å². The Balaban J connectivity index is 1.78. The van der Waals surface area contributed by atoms with E-state index in [0.29, 0.717) is 18.9 Å². The largest absolute Gasteiger partial charge is 0.341 e. The predicted molar refractivity (Wildman–Crippen MR) is 59.2 cm³/mol. The van der Waals surface area contributed by atoms with Crippen molar-refractivity contribution in [1.29, 1.82) is 0 Å². The van der Waals surface area contributed by atoms with E-state index >= 15 is 0 Å². The first-order chi connectivity index (χ1) is 8.15. The number of anilines is 1. The Morgan fingerprint density at radius 3 is 3.00 bits per heavy atom. The number of H-pyrrole nitrogens is 1. The summed E-state index contributed by atoms with van der Waals surface area (Å²) in [7, 11) is 0. The molecule has 1 aliphatic heterocycles. The van der Waals surface area contributed by atoms with Gasteiger partial charge in [0, 0.05) is 26.1 Å². The van der Waals surface area contributed by atoms with Gasteiger partial charge in [0.15, 0.2) is 5.82 Å². The van der Waals surface area contributed by atoms with Crippen LogP contribution in [0.4, 0.5) is 10.6 Å². The zero-order chi connectivity index (χ0) is 12.3. The molecule has 1 aromatic heterocycles. The van der Waals surface area contributed by atoms with Crippen molar-refractivity contribution in [2.75, 3.05) is 18.4 Å². The van der Waals surface area contributed by atoms with Crippen LogP contribution in [0.3, 0.4) is 0 Å². The predicted octanol–water partition coefficient (Wildman–Crippen LogP) is -0.453. The maximum Gasteiger partial charge on any atom is 0.320 e. The van der Waals surface area contributed by atoms with Crippen LogP contribution >= 0.6 is 0 Å². The van der Waals surface area contributed by atoms with E-state index in [0.717, 1.165) is 6.42 Å². The van der Waals surface area contributed by atoms with E-state index in [9.17, 15) is 9.59 Å². The fraction of sp³-hybridized carbons (Fsp3) is 0.556. The molecule has 0 aliphatic carbocycles. The molecule has 2 heterocycles. The molecule has 0 aromatic carbocycles. The summed E-state index contributed by atoms with van der Waals surface area (Å²) in [5, 5.41) is 15.0. The van der Waals surface area contributed by atoms with Gasteiger partial charge in [0.2, 0.25) is 5.91 Å². The topological polar surface area (TPSA) is 103 Å². The Morgan fingerprint density at radius 2 is 2.41 bits per heavy atom. The van der Waals surface area contributed by atoms with Gasteiger partial charge in [0.1, 0.15) is 0 Å². The summed E-state index contributed by atoms with van der Waals surface area (Å²) in [5.41, 5.74) is 0. The molecule has 92 valence electrons. The zero-order valence-corrected chi connectivity index (χ0v) is 9.43. The standard InChI is InChI=1S/C9H14N6O2/c1-6(16)15-3-2-7(5-15)11-9(17)12-8-4-10-14-13-8/h4,7H,2-3,5H2,1H3,(H3,10,11,12,13,14,17)/t7-/m1/s1. The lowest BCUT2D eigenvalue weighted by Gasteiger charge is -2.14. The molecule has 0 saturated carbocycles. The van der Waals surface area contributed by atoms with E-state index in [1.165, 1.54) is 13.1 Å². The Hall–Kier alpha value is -2.12. The number of aromatic nitrogens is 3. The number of urea groups is 1. The van der Waals surface area contributed by atoms with Crippen LogP contribution in [0.25, 0.3) is 0 Å². The lowest BCUT2D eigenvalue weighted by molar-refractivity contribution is -0.127. The molecule has 3 amide bonds. The quantitative estimate of drug-likeness (QED) is 0.649. The lowest BCUT2D eigenvalue weighted by Crippen LogP contribution is -2.40. The Morgan fingerprint density at radius 1 is 1.59 bits per heavy atom. The number of likely N-dealkylation sites (tertiary alicyclic amines) is 1. The highest BCUT2D eigenvalue weighted by molar-refractivity contribution is 5.88. The molecule has 0 bridgehead atoms. The maximum atomic E-state index is 11.5. The fourth-order valence-electron chi connectivity index (χ4n) is 1.76. The highest BCUT2D eigenvalue weighted by atomic mass is 16.2. The number of nitrogens with zero attached hydrogens (tertiary/aromatic N) is 3. The van der Waals surface area contributed by atoms with Crippen molar-refractivity contribution in [2.45, 2.75) is 19.4 Å². The molecule has 0 radical (unpaired) electrons. The van der Waals surface area contributed by atoms with Gasteiger partial charge in [-0.2, -0.15) is 10.3 Å². The Bertz CT molecular complexity index is 404. The van der Waals surface area contributed by atoms with Crippen molar-refractivity contribution in [3.05, 3.63) is 6.20 Å². The van der Waals surface area contributed by atoms with E-state index in [1.54, 1.807) is 4.90 Å². The molecule has 17 heavy (non-hydrogen) atoms. The third-order valence-electron chi connectivity index (χ3n) is 2.63. The molecule has 1 aromatic rings. The van der Waals surface area contributed by atoms with Crippen LogP contribution in [0.2, 0.25) is 0 Å². The molecule has 1 fully saturated rings. The second-order valence-electron chi connectivity index (χ2n) is 3.90. The SMILES string of the molecule is CC(=O)N1CC[C@@H](NC(=O)Nc2cn[nH]n2)C1. The lowest BCUT2D eigenvalue weighted by atomic mass is 10.3. The molecule has 8 nitrogen and oxygen atoms in total. The average molecular weight is 238 g/mol. The van der Waals surface area contributed by atoms with E-state index in [4.69, 9.17) is 0 Å². The number of rotatable bonds is 2.